The molecule has 23 heavy (non-hydrogen) atoms. The summed E-state index contributed by atoms with van der Waals surface area (Å²) in [7, 11) is 0. The van der Waals surface area contributed by atoms with Gasteiger partial charge in [0, 0.05) is 16.1 Å². The maximum absolute atomic E-state index is 13.2. The molecule has 0 saturated heterocycles. The lowest BCUT2D eigenvalue weighted by molar-refractivity contribution is -0.125. The van der Waals surface area contributed by atoms with Gasteiger partial charge in [0.15, 0.2) is 6.61 Å². The summed E-state index contributed by atoms with van der Waals surface area (Å²) in [6, 6.07) is 4.07. The number of thiophene rings is 1. The molecule has 0 radical (unpaired) electrons. The van der Waals surface area contributed by atoms with Gasteiger partial charge in [0.25, 0.3) is 5.91 Å². The molecule has 1 atom stereocenters. The van der Waals surface area contributed by atoms with Crippen LogP contribution in [-0.2, 0) is 9.53 Å². The number of esters is 1. The van der Waals surface area contributed by atoms with Gasteiger partial charge >= 0.3 is 5.97 Å². The molecule has 1 aromatic heterocycles. The quantitative estimate of drug-likeness (QED) is 0.822. The number of carbonyl (C=O) groups is 2. The predicted octanol–water partition coefficient (Wildman–Crippen LogP) is 4.01. The maximum atomic E-state index is 13.2. The number of rotatable bonds is 5. The molecule has 2 aromatic rings. The molecule has 2 rings (SSSR count). The minimum Gasteiger partial charge on any atom is -0.451 e. The zero-order valence-electron chi connectivity index (χ0n) is 13.0. The fraction of sp³-hybridized carbons (Fsp3) is 0.375. The molecule has 0 unspecified atom stereocenters. The molecular weight excluding hydrogens is 341 g/mol. The molecule has 124 valence electrons. The van der Waals surface area contributed by atoms with E-state index in [1.165, 1.54) is 18.2 Å². The van der Waals surface area contributed by atoms with Crippen molar-refractivity contribution in [2.24, 2.45) is 5.92 Å². The number of benzene rings is 1. The van der Waals surface area contributed by atoms with E-state index in [9.17, 15) is 14.0 Å². The summed E-state index contributed by atoms with van der Waals surface area (Å²) in [5.41, 5.74) is 0. The van der Waals surface area contributed by atoms with Crippen LogP contribution >= 0.6 is 22.9 Å². The van der Waals surface area contributed by atoms with Gasteiger partial charge in [-0.05, 0) is 31.0 Å². The van der Waals surface area contributed by atoms with E-state index in [0.29, 0.717) is 10.1 Å². The van der Waals surface area contributed by atoms with Crippen LogP contribution in [0.5, 0.6) is 0 Å². The third-order valence-electron chi connectivity index (χ3n) is 3.50. The Morgan fingerprint density at radius 2 is 2.04 bits per heavy atom. The molecule has 4 nitrogen and oxygen atoms in total. The highest BCUT2D eigenvalue weighted by Gasteiger charge is 2.20. The van der Waals surface area contributed by atoms with Gasteiger partial charge < -0.3 is 10.1 Å². The van der Waals surface area contributed by atoms with Crippen LogP contribution < -0.4 is 5.32 Å². The number of amides is 1. The van der Waals surface area contributed by atoms with Crippen molar-refractivity contribution in [3.05, 3.63) is 33.9 Å². The molecule has 7 heteroatoms. The third-order valence-corrected chi connectivity index (χ3v) is 5.14. The van der Waals surface area contributed by atoms with Gasteiger partial charge in [-0.25, -0.2) is 9.18 Å². The van der Waals surface area contributed by atoms with E-state index < -0.39 is 11.8 Å². The second kappa shape index (κ2) is 7.27. The Labute approximate surface area is 142 Å². The minimum atomic E-state index is -0.691. The van der Waals surface area contributed by atoms with Crippen molar-refractivity contribution < 1.29 is 18.7 Å². The Hall–Kier alpha value is -1.66. The minimum absolute atomic E-state index is 0.0166. The Kier molecular flexibility index (Phi) is 5.59. The summed E-state index contributed by atoms with van der Waals surface area (Å²) < 4.78 is 18.8. The monoisotopic (exact) mass is 357 g/mol. The van der Waals surface area contributed by atoms with E-state index in [1.807, 2.05) is 20.8 Å². The van der Waals surface area contributed by atoms with E-state index in [1.54, 1.807) is 0 Å². The van der Waals surface area contributed by atoms with Gasteiger partial charge in [0.05, 0.1) is 5.02 Å². The first-order valence-electron chi connectivity index (χ1n) is 7.13. The largest absolute Gasteiger partial charge is 0.451 e. The normalized spacial score (nSPS) is 12.4. The predicted molar refractivity (Wildman–Crippen MR) is 89.5 cm³/mol. The van der Waals surface area contributed by atoms with Crippen molar-refractivity contribution in [3.8, 4) is 0 Å². The van der Waals surface area contributed by atoms with Crippen molar-refractivity contribution in [1.29, 1.82) is 0 Å². The summed E-state index contributed by atoms with van der Waals surface area (Å²) in [4.78, 5) is 24.0. The lowest BCUT2D eigenvalue weighted by Crippen LogP contribution is -2.38. The smallest absolute Gasteiger partial charge is 0.350 e. The number of fused-ring (bicyclic) bond motifs is 1. The first-order chi connectivity index (χ1) is 10.8. The third kappa shape index (κ3) is 4.20. The number of ether oxygens (including phenoxy) is 1. The molecule has 0 aliphatic carbocycles. The van der Waals surface area contributed by atoms with Crippen molar-refractivity contribution in [2.75, 3.05) is 6.61 Å². The molecule has 0 spiro atoms. The van der Waals surface area contributed by atoms with Crippen LogP contribution in [0.25, 0.3) is 10.1 Å². The lowest BCUT2D eigenvalue weighted by Gasteiger charge is -2.17. The molecule has 0 aliphatic heterocycles. The first kappa shape index (κ1) is 17.7. The Balaban J connectivity index is 2.04. The molecule has 1 heterocycles. The topological polar surface area (TPSA) is 55.4 Å². The Morgan fingerprint density at radius 3 is 2.70 bits per heavy atom. The highest BCUT2D eigenvalue weighted by Crippen LogP contribution is 2.36. The number of halogens is 2. The molecule has 0 fully saturated rings. The summed E-state index contributed by atoms with van der Waals surface area (Å²) >= 11 is 7.17. The zero-order chi connectivity index (χ0) is 17.1. The van der Waals surface area contributed by atoms with Gasteiger partial charge in [-0.15, -0.1) is 11.3 Å². The SMILES string of the molecule is CC(C)[C@H](C)NC(=O)COC(=O)c1sc2cc(F)ccc2c1Cl. The summed E-state index contributed by atoms with van der Waals surface area (Å²) in [5.74, 6) is -1.19. The standard InChI is InChI=1S/C16H17ClFNO3S/c1-8(2)9(3)19-13(20)7-22-16(21)15-14(17)11-5-4-10(18)6-12(11)23-15/h4-6,8-9H,7H2,1-3H3,(H,19,20)/t9-/m0/s1. The van der Waals surface area contributed by atoms with E-state index in [-0.39, 0.29) is 34.4 Å². The van der Waals surface area contributed by atoms with Crippen molar-refractivity contribution >= 4 is 44.9 Å². The van der Waals surface area contributed by atoms with Gasteiger partial charge in [-0.2, -0.15) is 0 Å². The molecule has 0 aliphatic rings. The second-order valence-electron chi connectivity index (χ2n) is 5.56. The Morgan fingerprint density at radius 1 is 1.35 bits per heavy atom. The highest BCUT2D eigenvalue weighted by molar-refractivity contribution is 7.21. The number of carbonyl (C=O) groups excluding carboxylic acids is 2. The maximum Gasteiger partial charge on any atom is 0.350 e. The van der Waals surface area contributed by atoms with Crippen LogP contribution in [0.1, 0.15) is 30.4 Å². The van der Waals surface area contributed by atoms with Crippen LogP contribution in [0.4, 0.5) is 4.39 Å². The lowest BCUT2D eigenvalue weighted by atomic mass is 10.1. The Bertz CT molecular complexity index is 744. The molecule has 0 saturated carbocycles. The second-order valence-corrected chi connectivity index (χ2v) is 6.99. The molecule has 0 bridgehead atoms. The van der Waals surface area contributed by atoms with E-state index >= 15 is 0 Å². The van der Waals surface area contributed by atoms with Crippen LogP contribution in [0.3, 0.4) is 0 Å². The van der Waals surface area contributed by atoms with E-state index in [4.69, 9.17) is 16.3 Å². The van der Waals surface area contributed by atoms with Gasteiger partial charge in [0.2, 0.25) is 0 Å². The summed E-state index contributed by atoms with van der Waals surface area (Å²) in [6.07, 6.45) is 0. The average Bonchev–Trinajstić information content (AvgIpc) is 2.81. The molecule has 1 N–H and O–H groups in total. The van der Waals surface area contributed by atoms with Crippen molar-refractivity contribution in [3.63, 3.8) is 0 Å². The fourth-order valence-corrected chi connectivity index (χ4v) is 3.26. The van der Waals surface area contributed by atoms with E-state index in [0.717, 1.165) is 11.3 Å². The number of hydrogen-bond acceptors (Lipinski definition) is 4. The van der Waals surface area contributed by atoms with Gasteiger partial charge in [0.1, 0.15) is 10.7 Å². The van der Waals surface area contributed by atoms with Crippen molar-refractivity contribution in [1.82, 2.24) is 5.32 Å². The van der Waals surface area contributed by atoms with Crippen LogP contribution in [-0.4, -0.2) is 24.5 Å². The molecular formula is C16H17ClFNO3S. The molecule has 1 aromatic carbocycles. The van der Waals surface area contributed by atoms with Crippen LogP contribution in [0.15, 0.2) is 18.2 Å². The van der Waals surface area contributed by atoms with Gasteiger partial charge in [-0.1, -0.05) is 25.4 Å². The highest BCUT2D eigenvalue weighted by atomic mass is 35.5. The average molecular weight is 358 g/mol. The zero-order valence-corrected chi connectivity index (χ0v) is 14.6. The summed E-state index contributed by atoms with van der Waals surface area (Å²) in [6.45, 7) is 5.46. The van der Waals surface area contributed by atoms with Crippen molar-refractivity contribution in [2.45, 2.75) is 26.8 Å². The number of nitrogens with one attached hydrogen (secondary N) is 1. The van der Waals surface area contributed by atoms with E-state index in [2.05, 4.69) is 5.32 Å². The van der Waals surface area contributed by atoms with Gasteiger partial charge in [-0.3, -0.25) is 4.79 Å². The van der Waals surface area contributed by atoms with Crippen LogP contribution in [0, 0.1) is 11.7 Å². The van der Waals surface area contributed by atoms with Crippen LogP contribution in [0.2, 0.25) is 5.02 Å². The summed E-state index contributed by atoms with van der Waals surface area (Å²) in [5, 5.41) is 3.54. The number of hydrogen-bond donors (Lipinski definition) is 1. The molecule has 1 amide bonds. The first-order valence-corrected chi connectivity index (χ1v) is 8.33. The fourth-order valence-electron chi connectivity index (χ4n) is 1.83.